The van der Waals surface area contributed by atoms with Crippen LogP contribution in [0.3, 0.4) is 0 Å². The fourth-order valence-electron chi connectivity index (χ4n) is 1.97. The maximum Gasteiger partial charge on any atom is 0.248 e. The average Bonchev–Trinajstić information content (AvgIpc) is 2.84. The van der Waals surface area contributed by atoms with Gasteiger partial charge in [-0.15, -0.1) is 11.3 Å². The predicted molar refractivity (Wildman–Crippen MR) is 86.8 cm³/mol. The highest BCUT2D eigenvalue weighted by atomic mass is 79.9. The molecule has 20 heavy (non-hydrogen) atoms. The third-order valence-electron chi connectivity index (χ3n) is 3.10. The molecule has 1 aromatic heterocycles. The first-order valence-corrected chi connectivity index (χ1v) is 8.04. The van der Waals surface area contributed by atoms with E-state index in [0.29, 0.717) is 5.56 Å². The molecular formula is C15H17BrN2OS. The molecule has 2 N–H and O–H groups in total. The largest absolute Gasteiger partial charge is 0.366 e. The quantitative estimate of drug-likeness (QED) is 0.862. The van der Waals surface area contributed by atoms with Crippen molar-refractivity contribution in [3.63, 3.8) is 0 Å². The fourth-order valence-corrected chi connectivity index (χ4v) is 3.49. The van der Waals surface area contributed by atoms with Crippen molar-refractivity contribution in [3.8, 4) is 0 Å². The summed E-state index contributed by atoms with van der Waals surface area (Å²) >= 11 is 5.25. The molecule has 0 aliphatic rings. The van der Waals surface area contributed by atoms with E-state index in [0.717, 1.165) is 23.4 Å². The van der Waals surface area contributed by atoms with Crippen molar-refractivity contribution >= 4 is 33.2 Å². The lowest BCUT2D eigenvalue weighted by atomic mass is 10.1. The van der Waals surface area contributed by atoms with E-state index in [2.05, 4.69) is 39.9 Å². The number of hydrogen-bond acceptors (Lipinski definition) is 3. The van der Waals surface area contributed by atoms with Crippen LogP contribution < -0.4 is 5.73 Å². The average molecular weight is 353 g/mol. The maximum atomic E-state index is 11.0. The summed E-state index contributed by atoms with van der Waals surface area (Å²) in [6, 6.07) is 11.7. The molecule has 5 heteroatoms. The Bertz CT molecular complexity index is 580. The van der Waals surface area contributed by atoms with Crippen molar-refractivity contribution in [1.82, 2.24) is 4.90 Å². The van der Waals surface area contributed by atoms with Gasteiger partial charge in [-0.1, -0.05) is 19.1 Å². The Morgan fingerprint density at radius 3 is 2.40 bits per heavy atom. The summed E-state index contributed by atoms with van der Waals surface area (Å²) in [7, 11) is 0. The Labute approximate surface area is 131 Å². The molecule has 0 atom stereocenters. The van der Waals surface area contributed by atoms with Gasteiger partial charge in [-0.2, -0.15) is 0 Å². The molecule has 0 fully saturated rings. The lowest BCUT2D eigenvalue weighted by molar-refractivity contribution is 0.100. The van der Waals surface area contributed by atoms with Crippen molar-refractivity contribution in [2.24, 2.45) is 5.73 Å². The number of amides is 1. The third-order valence-corrected chi connectivity index (χ3v) is 4.71. The molecular weight excluding hydrogens is 336 g/mol. The Morgan fingerprint density at radius 2 is 1.90 bits per heavy atom. The zero-order valence-corrected chi connectivity index (χ0v) is 13.7. The molecule has 0 saturated carbocycles. The van der Waals surface area contributed by atoms with Gasteiger partial charge in [0.25, 0.3) is 0 Å². The molecule has 1 amide bonds. The van der Waals surface area contributed by atoms with Crippen LogP contribution in [0.15, 0.2) is 40.2 Å². The van der Waals surface area contributed by atoms with Crippen LogP contribution in [0.2, 0.25) is 0 Å². The number of hydrogen-bond donors (Lipinski definition) is 1. The minimum absolute atomic E-state index is 0.382. The van der Waals surface area contributed by atoms with Crippen molar-refractivity contribution in [3.05, 3.63) is 56.2 Å². The van der Waals surface area contributed by atoms with Gasteiger partial charge in [-0.3, -0.25) is 9.69 Å². The Morgan fingerprint density at radius 1 is 1.20 bits per heavy atom. The van der Waals surface area contributed by atoms with E-state index in [1.54, 1.807) is 23.5 Å². The molecule has 0 aliphatic carbocycles. The molecule has 0 radical (unpaired) electrons. The second kappa shape index (κ2) is 7.02. The Kier molecular flexibility index (Phi) is 5.34. The molecule has 2 rings (SSSR count). The SMILES string of the molecule is CCN(Cc1ccc(C(N)=O)cc1)Cc1ccc(Br)s1. The van der Waals surface area contributed by atoms with Crippen molar-refractivity contribution in [2.45, 2.75) is 20.0 Å². The summed E-state index contributed by atoms with van der Waals surface area (Å²) in [5.74, 6) is -0.382. The minimum Gasteiger partial charge on any atom is -0.366 e. The van der Waals surface area contributed by atoms with Crippen LogP contribution in [0.25, 0.3) is 0 Å². The second-order valence-electron chi connectivity index (χ2n) is 4.57. The summed E-state index contributed by atoms with van der Waals surface area (Å²) in [5, 5.41) is 0. The number of halogens is 1. The van der Waals surface area contributed by atoms with Gasteiger partial charge >= 0.3 is 0 Å². The normalized spacial score (nSPS) is 10.9. The monoisotopic (exact) mass is 352 g/mol. The highest BCUT2D eigenvalue weighted by Gasteiger charge is 2.07. The van der Waals surface area contributed by atoms with Crippen molar-refractivity contribution in [1.29, 1.82) is 0 Å². The molecule has 106 valence electrons. The van der Waals surface area contributed by atoms with Gasteiger partial charge in [0.05, 0.1) is 3.79 Å². The van der Waals surface area contributed by atoms with Gasteiger partial charge in [0.1, 0.15) is 0 Å². The number of thiophene rings is 1. The number of rotatable bonds is 6. The first-order valence-electron chi connectivity index (χ1n) is 6.43. The molecule has 1 aromatic carbocycles. The summed E-state index contributed by atoms with van der Waals surface area (Å²) < 4.78 is 1.16. The van der Waals surface area contributed by atoms with Crippen molar-refractivity contribution < 1.29 is 4.79 Å². The standard InChI is InChI=1S/C15H17BrN2OS/c1-2-18(10-13-7-8-14(16)20-13)9-11-3-5-12(6-4-11)15(17)19/h3-8H,2,9-10H2,1H3,(H2,17,19). The first-order chi connectivity index (χ1) is 9.58. The van der Waals surface area contributed by atoms with Crippen LogP contribution in [0.5, 0.6) is 0 Å². The van der Waals surface area contributed by atoms with E-state index in [1.165, 1.54) is 10.4 Å². The van der Waals surface area contributed by atoms with Gasteiger partial charge in [0.2, 0.25) is 5.91 Å². The third kappa shape index (κ3) is 4.16. The lowest BCUT2D eigenvalue weighted by Gasteiger charge is -2.19. The van der Waals surface area contributed by atoms with Gasteiger partial charge in [0.15, 0.2) is 0 Å². The van der Waals surface area contributed by atoms with Gasteiger partial charge in [-0.25, -0.2) is 0 Å². The molecule has 0 aliphatic heterocycles. The zero-order valence-electron chi connectivity index (χ0n) is 11.3. The van der Waals surface area contributed by atoms with Crippen LogP contribution in [-0.4, -0.2) is 17.4 Å². The number of nitrogens with zero attached hydrogens (tertiary/aromatic N) is 1. The molecule has 3 nitrogen and oxygen atoms in total. The maximum absolute atomic E-state index is 11.0. The van der Waals surface area contributed by atoms with E-state index in [9.17, 15) is 4.79 Å². The number of primary amides is 1. The fraction of sp³-hybridized carbons (Fsp3) is 0.267. The molecule has 0 unspecified atom stereocenters. The van der Waals surface area contributed by atoms with E-state index < -0.39 is 0 Å². The summed E-state index contributed by atoms with van der Waals surface area (Å²) in [6.45, 7) is 4.93. The van der Waals surface area contributed by atoms with E-state index >= 15 is 0 Å². The number of nitrogens with two attached hydrogens (primary N) is 1. The van der Waals surface area contributed by atoms with Crippen LogP contribution in [0.1, 0.15) is 27.7 Å². The molecule has 0 bridgehead atoms. The van der Waals surface area contributed by atoms with Crippen molar-refractivity contribution in [2.75, 3.05) is 6.54 Å². The predicted octanol–water partition coefficient (Wildman–Crippen LogP) is 3.63. The zero-order chi connectivity index (χ0) is 14.5. The van der Waals surface area contributed by atoms with Crippen LogP contribution in [-0.2, 0) is 13.1 Å². The highest BCUT2D eigenvalue weighted by Crippen LogP contribution is 2.23. The van der Waals surface area contributed by atoms with Gasteiger partial charge in [0, 0.05) is 23.5 Å². The number of carbonyl (C=O) groups excluding carboxylic acids is 1. The molecule has 1 heterocycles. The van der Waals surface area contributed by atoms with Crippen LogP contribution in [0.4, 0.5) is 0 Å². The summed E-state index contributed by atoms with van der Waals surface area (Å²) in [6.07, 6.45) is 0. The van der Waals surface area contributed by atoms with Gasteiger partial charge in [-0.05, 0) is 52.3 Å². The Hall–Kier alpha value is -1.17. The lowest BCUT2D eigenvalue weighted by Crippen LogP contribution is -2.21. The minimum atomic E-state index is -0.382. The number of carbonyl (C=O) groups is 1. The summed E-state index contributed by atoms with van der Waals surface area (Å²) in [5.41, 5.74) is 6.99. The Balaban J connectivity index is 2.00. The van der Waals surface area contributed by atoms with E-state index in [1.807, 2.05) is 12.1 Å². The first kappa shape index (κ1) is 15.2. The van der Waals surface area contributed by atoms with Crippen LogP contribution >= 0.6 is 27.3 Å². The second-order valence-corrected chi connectivity index (χ2v) is 7.12. The van der Waals surface area contributed by atoms with Crippen LogP contribution in [0, 0.1) is 0 Å². The molecule has 0 saturated heterocycles. The molecule has 2 aromatic rings. The highest BCUT2D eigenvalue weighted by molar-refractivity contribution is 9.11. The van der Waals surface area contributed by atoms with Gasteiger partial charge < -0.3 is 5.73 Å². The molecule has 0 spiro atoms. The van der Waals surface area contributed by atoms with E-state index in [4.69, 9.17) is 5.73 Å². The topological polar surface area (TPSA) is 46.3 Å². The van der Waals surface area contributed by atoms with E-state index in [-0.39, 0.29) is 5.91 Å². The smallest absolute Gasteiger partial charge is 0.248 e. The number of benzene rings is 1. The summed E-state index contributed by atoms with van der Waals surface area (Å²) in [4.78, 5) is 14.7.